The Labute approximate surface area is 102 Å². The van der Waals surface area contributed by atoms with E-state index in [0.717, 1.165) is 13.1 Å². The fourth-order valence-electron chi connectivity index (χ4n) is 2.16. The molecule has 1 saturated heterocycles. The molecule has 1 aromatic heterocycles. The monoisotopic (exact) mass is 233 g/mol. The third kappa shape index (κ3) is 2.54. The standard InChI is InChI=1S/C12H19N5/c1-8(2)9-4-6-17(7-9)12-15-5-3-10(16-12)11(13)14/h3,5,8-9H,4,6-7H2,1-2H3,(H3,13,14). The van der Waals surface area contributed by atoms with Crippen LogP contribution in [0.3, 0.4) is 0 Å². The van der Waals surface area contributed by atoms with E-state index in [9.17, 15) is 0 Å². The first-order chi connectivity index (χ1) is 8.08. The van der Waals surface area contributed by atoms with E-state index < -0.39 is 0 Å². The smallest absolute Gasteiger partial charge is 0.225 e. The summed E-state index contributed by atoms with van der Waals surface area (Å²) in [5.74, 6) is 2.09. The molecule has 17 heavy (non-hydrogen) atoms. The van der Waals surface area contributed by atoms with Crippen molar-refractivity contribution in [3.05, 3.63) is 18.0 Å². The summed E-state index contributed by atoms with van der Waals surface area (Å²) in [5.41, 5.74) is 5.93. The van der Waals surface area contributed by atoms with Gasteiger partial charge in [-0.25, -0.2) is 9.97 Å². The van der Waals surface area contributed by atoms with E-state index >= 15 is 0 Å². The van der Waals surface area contributed by atoms with Crippen LogP contribution in [0.15, 0.2) is 12.3 Å². The average molecular weight is 233 g/mol. The van der Waals surface area contributed by atoms with Gasteiger partial charge in [-0.1, -0.05) is 13.8 Å². The van der Waals surface area contributed by atoms with Crippen LogP contribution >= 0.6 is 0 Å². The van der Waals surface area contributed by atoms with Crippen LogP contribution in [0.2, 0.25) is 0 Å². The van der Waals surface area contributed by atoms with E-state index in [-0.39, 0.29) is 5.84 Å². The van der Waals surface area contributed by atoms with Crippen LogP contribution in [0, 0.1) is 17.2 Å². The molecule has 1 aromatic rings. The Kier molecular flexibility index (Phi) is 3.26. The molecule has 1 unspecified atom stereocenters. The van der Waals surface area contributed by atoms with Crippen LogP contribution in [-0.2, 0) is 0 Å². The number of nitrogens with two attached hydrogens (primary N) is 1. The molecular weight excluding hydrogens is 214 g/mol. The minimum Gasteiger partial charge on any atom is -0.382 e. The third-order valence-electron chi connectivity index (χ3n) is 3.37. The normalized spacial score (nSPS) is 19.9. The molecule has 3 N–H and O–H groups in total. The Morgan fingerprint density at radius 1 is 1.59 bits per heavy atom. The number of aromatic nitrogens is 2. The lowest BCUT2D eigenvalue weighted by atomic mass is 9.95. The van der Waals surface area contributed by atoms with Crippen LogP contribution < -0.4 is 10.6 Å². The second-order valence-corrected chi connectivity index (χ2v) is 4.89. The highest BCUT2D eigenvalue weighted by molar-refractivity contribution is 5.93. The summed E-state index contributed by atoms with van der Waals surface area (Å²) in [6.45, 7) is 6.49. The number of rotatable bonds is 3. The number of nitrogens with one attached hydrogen (secondary N) is 1. The van der Waals surface area contributed by atoms with Gasteiger partial charge in [0.05, 0.1) is 0 Å². The Hall–Kier alpha value is -1.65. The molecule has 1 aliphatic rings. The van der Waals surface area contributed by atoms with Gasteiger partial charge in [0.2, 0.25) is 5.95 Å². The molecule has 0 radical (unpaired) electrons. The van der Waals surface area contributed by atoms with Gasteiger partial charge in [0, 0.05) is 19.3 Å². The molecular formula is C12H19N5. The van der Waals surface area contributed by atoms with Crippen molar-refractivity contribution in [3.63, 3.8) is 0 Å². The lowest BCUT2D eigenvalue weighted by Crippen LogP contribution is -2.24. The van der Waals surface area contributed by atoms with Gasteiger partial charge in [-0.2, -0.15) is 0 Å². The summed E-state index contributed by atoms with van der Waals surface area (Å²) >= 11 is 0. The van der Waals surface area contributed by atoms with Gasteiger partial charge in [0.15, 0.2) is 0 Å². The highest BCUT2D eigenvalue weighted by atomic mass is 15.3. The highest BCUT2D eigenvalue weighted by Crippen LogP contribution is 2.25. The van der Waals surface area contributed by atoms with Gasteiger partial charge in [-0.3, -0.25) is 5.41 Å². The number of amidine groups is 1. The summed E-state index contributed by atoms with van der Waals surface area (Å²) in [7, 11) is 0. The second-order valence-electron chi connectivity index (χ2n) is 4.89. The highest BCUT2D eigenvalue weighted by Gasteiger charge is 2.26. The van der Waals surface area contributed by atoms with Crippen molar-refractivity contribution in [1.29, 1.82) is 5.41 Å². The first-order valence-electron chi connectivity index (χ1n) is 6.00. The molecule has 2 rings (SSSR count). The molecule has 5 nitrogen and oxygen atoms in total. The van der Waals surface area contributed by atoms with Crippen molar-refractivity contribution in [3.8, 4) is 0 Å². The largest absolute Gasteiger partial charge is 0.382 e. The summed E-state index contributed by atoms with van der Waals surface area (Å²) < 4.78 is 0. The molecule has 0 aromatic carbocycles. The second kappa shape index (κ2) is 4.69. The van der Waals surface area contributed by atoms with E-state index in [1.807, 2.05) is 0 Å². The number of anilines is 1. The molecule has 92 valence electrons. The maximum Gasteiger partial charge on any atom is 0.225 e. The summed E-state index contributed by atoms with van der Waals surface area (Å²) in [6, 6.07) is 1.67. The predicted molar refractivity (Wildman–Crippen MR) is 68.2 cm³/mol. The van der Waals surface area contributed by atoms with E-state index in [0.29, 0.717) is 23.5 Å². The zero-order valence-corrected chi connectivity index (χ0v) is 10.3. The number of hydrogen-bond donors (Lipinski definition) is 2. The van der Waals surface area contributed by atoms with E-state index in [4.69, 9.17) is 11.1 Å². The van der Waals surface area contributed by atoms with E-state index in [1.54, 1.807) is 12.3 Å². The molecule has 1 atom stereocenters. The van der Waals surface area contributed by atoms with Crippen LogP contribution in [0.25, 0.3) is 0 Å². The summed E-state index contributed by atoms with van der Waals surface area (Å²) in [6.07, 6.45) is 2.85. The van der Waals surface area contributed by atoms with Gasteiger partial charge in [0.25, 0.3) is 0 Å². The van der Waals surface area contributed by atoms with Gasteiger partial charge in [-0.05, 0) is 24.3 Å². The number of nitrogens with zero attached hydrogens (tertiary/aromatic N) is 3. The molecule has 0 saturated carbocycles. The average Bonchev–Trinajstić information content (AvgIpc) is 2.78. The number of nitrogen functional groups attached to an aromatic ring is 1. The van der Waals surface area contributed by atoms with E-state index in [2.05, 4.69) is 28.7 Å². The van der Waals surface area contributed by atoms with Crippen LogP contribution in [0.4, 0.5) is 5.95 Å². The minimum absolute atomic E-state index is 0.00624. The summed E-state index contributed by atoms with van der Waals surface area (Å²) in [4.78, 5) is 10.8. The fourth-order valence-corrected chi connectivity index (χ4v) is 2.16. The molecule has 1 aliphatic heterocycles. The Bertz CT molecular complexity index is 415. The number of hydrogen-bond acceptors (Lipinski definition) is 4. The predicted octanol–water partition coefficient (Wildman–Crippen LogP) is 1.24. The van der Waals surface area contributed by atoms with Crippen molar-refractivity contribution in [2.45, 2.75) is 20.3 Å². The lowest BCUT2D eigenvalue weighted by Gasteiger charge is -2.18. The zero-order valence-electron chi connectivity index (χ0n) is 10.3. The Morgan fingerprint density at radius 3 is 2.94 bits per heavy atom. The topological polar surface area (TPSA) is 78.9 Å². The maximum absolute atomic E-state index is 7.38. The molecule has 5 heteroatoms. The molecule has 0 spiro atoms. The molecule has 2 heterocycles. The van der Waals surface area contributed by atoms with E-state index in [1.165, 1.54) is 6.42 Å². The zero-order chi connectivity index (χ0) is 12.4. The van der Waals surface area contributed by atoms with Crippen molar-refractivity contribution in [2.24, 2.45) is 17.6 Å². The van der Waals surface area contributed by atoms with Crippen LogP contribution in [0.1, 0.15) is 26.0 Å². The molecule has 0 aliphatic carbocycles. The first kappa shape index (κ1) is 11.8. The SMILES string of the molecule is CC(C)C1CCN(c2nccc(C(=N)N)n2)C1. The van der Waals surface area contributed by atoms with Crippen molar-refractivity contribution in [1.82, 2.24) is 9.97 Å². The summed E-state index contributed by atoms with van der Waals surface area (Å²) in [5, 5.41) is 7.38. The minimum atomic E-state index is -0.00624. The van der Waals surface area contributed by atoms with Gasteiger partial charge in [-0.15, -0.1) is 0 Å². The molecule has 0 amide bonds. The lowest BCUT2D eigenvalue weighted by molar-refractivity contribution is 0.422. The van der Waals surface area contributed by atoms with Gasteiger partial charge < -0.3 is 10.6 Å². The first-order valence-corrected chi connectivity index (χ1v) is 6.00. The van der Waals surface area contributed by atoms with Gasteiger partial charge in [0.1, 0.15) is 11.5 Å². The van der Waals surface area contributed by atoms with Crippen molar-refractivity contribution < 1.29 is 0 Å². The maximum atomic E-state index is 7.38. The fraction of sp³-hybridized carbons (Fsp3) is 0.583. The Balaban J connectivity index is 2.13. The van der Waals surface area contributed by atoms with Crippen LogP contribution in [0.5, 0.6) is 0 Å². The van der Waals surface area contributed by atoms with Crippen molar-refractivity contribution >= 4 is 11.8 Å². The Morgan fingerprint density at radius 2 is 2.35 bits per heavy atom. The van der Waals surface area contributed by atoms with Crippen molar-refractivity contribution in [2.75, 3.05) is 18.0 Å². The van der Waals surface area contributed by atoms with Crippen LogP contribution in [-0.4, -0.2) is 28.9 Å². The van der Waals surface area contributed by atoms with Gasteiger partial charge >= 0.3 is 0 Å². The molecule has 1 fully saturated rings. The third-order valence-corrected chi connectivity index (χ3v) is 3.37. The quantitative estimate of drug-likeness (QED) is 0.608. The molecule has 0 bridgehead atoms.